The number of amides is 2. The van der Waals surface area contributed by atoms with Crippen molar-refractivity contribution in [3.63, 3.8) is 0 Å². The molecular weight excluding hydrogens is 513 g/mol. The van der Waals surface area contributed by atoms with Crippen LogP contribution in [0.3, 0.4) is 0 Å². The number of anilines is 2. The number of hydrogen-bond acceptors (Lipinski definition) is 7. The molecule has 1 saturated heterocycles. The van der Waals surface area contributed by atoms with E-state index in [0.29, 0.717) is 40.4 Å². The highest BCUT2D eigenvalue weighted by Gasteiger charge is 2.26. The van der Waals surface area contributed by atoms with E-state index in [-0.39, 0.29) is 11.7 Å². The summed E-state index contributed by atoms with van der Waals surface area (Å²) >= 11 is 0. The Morgan fingerprint density at radius 3 is 2.52 bits per heavy atom. The van der Waals surface area contributed by atoms with Crippen molar-refractivity contribution in [2.75, 3.05) is 36.9 Å². The van der Waals surface area contributed by atoms with Crippen LogP contribution in [0.25, 0.3) is 16.7 Å². The summed E-state index contributed by atoms with van der Waals surface area (Å²) < 4.78 is 21.6. The predicted octanol–water partition coefficient (Wildman–Crippen LogP) is 5.06. The number of aryl methyl sites for hydroxylation is 1. The molecule has 1 aliphatic heterocycles. The number of nitrogens with zero attached hydrogens (tertiary/aromatic N) is 6. The number of nitrogens with one attached hydrogen (secondary N) is 1. The van der Waals surface area contributed by atoms with E-state index in [2.05, 4.69) is 25.2 Å². The third kappa shape index (κ3) is 5.83. The highest BCUT2D eigenvalue weighted by Crippen LogP contribution is 2.31. The fourth-order valence-corrected chi connectivity index (χ4v) is 5.09. The van der Waals surface area contributed by atoms with Crippen molar-refractivity contribution < 1.29 is 18.7 Å². The molecule has 1 aliphatic rings. The smallest absolute Gasteiger partial charge is 0.410 e. The summed E-state index contributed by atoms with van der Waals surface area (Å²) in [4.78, 5) is 42.7. The van der Waals surface area contributed by atoms with E-state index in [1.54, 1.807) is 54.1 Å². The molecule has 0 saturated carbocycles. The van der Waals surface area contributed by atoms with E-state index in [1.807, 2.05) is 26.8 Å². The lowest BCUT2D eigenvalue weighted by Gasteiger charge is -2.35. The largest absolute Gasteiger partial charge is 0.444 e. The van der Waals surface area contributed by atoms with Gasteiger partial charge in [0.1, 0.15) is 16.6 Å². The molecule has 11 heteroatoms. The average Bonchev–Trinajstić information content (AvgIpc) is 3.28. The molecule has 0 atom stereocenters. The van der Waals surface area contributed by atoms with Crippen molar-refractivity contribution in [1.82, 2.24) is 24.3 Å². The Morgan fingerprint density at radius 2 is 1.82 bits per heavy atom. The molecule has 0 aliphatic carbocycles. The molecule has 3 aromatic heterocycles. The lowest BCUT2D eigenvalue weighted by Crippen LogP contribution is -2.41. The summed E-state index contributed by atoms with van der Waals surface area (Å²) in [5.74, 6) is -0.573. The summed E-state index contributed by atoms with van der Waals surface area (Å²) in [5.41, 5.74) is 3.03. The zero-order valence-electron chi connectivity index (χ0n) is 23.4. The standard InChI is InChI=1S/C29H34FN7O3/c1-18-15-37-17-20(14-22(30)26(37)33-18)34-27(38)21-6-7-23(25-24(21)31-10-11-32-25)36-12-8-19(9-13-36)16-35(5)28(39)40-29(2,3)4/h6-7,10-11,14-15,17,19H,8-9,12-13,16H2,1-5H3,(H,34,38). The molecule has 40 heavy (non-hydrogen) atoms. The van der Waals surface area contributed by atoms with Gasteiger partial charge in [-0.1, -0.05) is 0 Å². The third-order valence-corrected chi connectivity index (χ3v) is 6.93. The van der Waals surface area contributed by atoms with Gasteiger partial charge >= 0.3 is 6.09 Å². The van der Waals surface area contributed by atoms with Crippen LogP contribution in [0.1, 0.15) is 49.7 Å². The molecule has 210 valence electrons. The zero-order chi connectivity index (χ0) is 28.6. The number of fused-ring (bicyclic) bond motifs is 2. The van der Waals surface area contributed by atoms with Crippen molar-refractivity contribution in [2.45, 2.75) is 46.1 Å². The monoisotopic (exact) mass is 547 g/mol. The number of piperidine rings is 1. The number of hydrogen-bond donors (Lipinski definition) is 1. The highest BCUT2D eigenvalue weighted by molar-refractivity contribution is 6.13. The second kappa shape index (κ2) is 10.7. The van der Waals surface area contributed by atoms with Crippen LogP contribution in [0.15, 0.2) is 43.0 Å². The first kappa shape index (κ1) is 27.3. The first-order chi connectivity index (χ1) is 19.0. The average molecular weight is 548 g/mol. The molecule has 0 bridgehead atoms. The van der Waals surface area contributed by atoms with Gasteiger partial charge in [-0.15, -0.1) is 0 Å². The lowest BCUT2D eigenvalue weighted by molar-refractivity contribution is 0.0266. The Balaban J connectivity index is 1.30. The fourth-order valence-electron chi connectivity index (χ4n) is 5.09. The molecule has 4 heterocycles. The van der Waals surface area contributed by atoms with Gasteiger partial charge in [0.15, 0.2) is 11.5 Å². The van der Waals surface area contributed by atoms with Gasteiger partial charge in [-0.05, 0) is 58.6 Å². The Labute approximate surface area is 232 Å². The quantitative estimate of drug-likeness (QED) is 0.372. The number of imidazole rings is 1. The molecule has 0 spiro atoms. The summed E-state index contributed by atoms with van der Waals surface area (Å²) in [6, 6.07) is 4.88. The van der Waals surface area contributed by atoms with Crippen LogP contribution in [0, 0.1) is 18.7 Å². The zero-order valence-corrected chi connectivity index (χ0v) is 23.4. The number of pyridine rings is 1. The van der Waals surface area contributed by atoms with Gasteiger partial charge in [-0.3, -0.25) is 14.8 Å². The predicted molar refractivity (Wildman–Crippen MR) is 151 cm³/mol. The number of aromatic nitrogens is 4. The van der Waals surface area contributed by atoms with Gasteiger partial charge < -0.3 is 24.3 Å². The number of rotatable bonds is 5. The van der Waals surface area contributed by atoms with Crippen LogP contribution < -0.4 is 10.2 Å². The van der Waals surface area contributed by atoms with Crippen LogP contribution in [0.2, 0.25) is 0 Å². The topological polar surface area (TPSA) is 105 Å². The van der Waals surface area contributed by atoms with E-state index in [0.717, 1.165) is 31.6 Å². The Hall–Kier alpha value is -4.28. The van der Waals surface area contributed by atoms with Gasteiger partial charge in [0.05, 0.1) is 22.6 Å². The number of ether oxygens (including phenoxy) is 1. The summed E-state index contributed by atoms with van der Waals surface area (Å²) in [5, 5.41) is 2.79. The molecule has 0 radical (unpaired) electrons. The molecule has 0 unspecified atom stereocenters. The fraction of sp³-hybridized carbons (Fsp3) is 0.414. The van der Waals surface area contributed by atoms with Crippen LogP contribution in [-0.4, -0.2) is 68.5 Å². The van der Waals surface area contributed by atoms with Crippen LogP contribution in [0.4, 0.5) is 20.6 Å². The molecular formula is C29H34FN7O3. The normalized spacial score (nSPS) is 14.5. The minimum Gasteiger partial charge on any atom is -0.444 e. The van der Waals surface area contributed by atoms with Crippen molar-refractivity contribution in [3.05, 3.63) is 60.1 Å². The van der Waals surface area contributed by atoms with Gasteiger partial charge in [0.2, 0.25) is 0 Å². The minimum atomic E-state index is -0.525. The molecule has 4 aromatic rings. The second-order valence-electron chi connectivity index (χ2n) is 11.3. The van der Waals surface area contributed by atoms with E-state index in [4.69, 9.17) is 4.74 Å². The molecule has 1 aromatic carbocycles. The van der Waals surface area contributed by atoms with Crippen molar-refractivity contribution >= 4 is 40.1 Å². The van der Waals surface area contributed by atoms with E-state index in [9.17, 15) is 14.0 Å². The number of halogens is 1. The maximum absolute atomic E-state index is 14.5. The first-order valence-electron chi connectivity index (χ1n) is 13.4. The Bertz CT molecular complexity index is 1570. The first-order valence-corrected chi connectivity index (χ1v) is 13.4. The maximum atomic E-state index is 14.5. The minimum absolute atomic E-state index is 0.205. The summed E-state index contributed by atoms with van der Waals surface area (Å²) in [6.45, 7) is 9.57. The second-order valence-corrected chi connectivity index (χ2v) is 11.3. The van der Waals surface area contributed by atoms with Crippen LogP contribution >= 0.6 is 0 Å². The SMILES string of the molecule is Cc1cn2cc(NC(=O)c3ccc(N4CCC(CN(C)C(=O)OC(C)(C)C)CC4)c4nccnc34)cc(F)c2n1. The number of benzene rings is 1. The number of carbonyl (C=O) groups is 2. The molecule has 5 rings (SSSR count). The molecule has 10 nitrogen and oxygen atoms in total. The van der Waals surface area contributed by atoms with Crippen molar-refractivity contribution in [3.8, 4) is 0 Å². The number of carbonyl (C=O) groups excluding carboxylic acids is 2. The van der Waals surface area contributed by atoms with E-state index >= 15 is 0 Å². The van der Waals surface area contributed by atoms with Crippen LogP contribution in [-0.2, 0) is 4.74 Å². The summed E-state index contributed by atoms with van der Waals surface area (Å²) in [6.07, 6.45) is 7.99. The Morgan fingerprint density at radius 1 is 1.12 bits per heavy atom. The third-order valence-electron chi connectivity index (χ3n) is 6.93. The van der Waals surface area contributed by atoms with Gasteiger partial charge in [0, 0.05) is 57.5 Å². The molecule has 1 fully saturated rings. The van der Waals surface area contributed by atoms with E-state index in [1.165, 1.54) is 6.07 Å². The molecule has 2 amide bonds. The van der Waals surface area contributed by atoms with Crippen molar-refractivity contribution in [1.29, 1.82) is 0 Å². The summed E-state index contributed by atoms with van der Waals surface area (Å²) in [7, 11) is 1.77. The Kier molecular flexibility index (Phi) is 7.31. The van der Waals surface area contributed by atoms with Crippen LogP contribution in [0.5, 0.6) is 0 Å². The van der Waals surface area contributed by atoms with Gasteiger partial charge in [0.25, 0.3) is 5.91 Å². The van der Waals surface area contributed by atoms with Gasteiger partial charge in [-0.25, -0.2) is 14.2 Å². The lowest BCUT2D eigenvalue weighted by atomic mass is 9.95. The highest BCUT2D eigenvalue weighted by atomic mass is 19.1. The van der Waals surface area contributed by atoms with E-state index < -0.39 is 17.3 Å². The maximum Gasteiger partial charge on any atom is 0.410 e. The molecule has 1 N–H and O–H groups in total. The van der Waals surface area contributed by atoms with Gasteiger partial charge in [-0.2, -0.15) is 0 Å². The van der Waals surface area contributed by atoms with Crippen molar-refractivity contribution in [2.24, 2.45) is 5.92 Å².